The Morgan fingerprint density at radius 2 is 2.21 bits per heavy atom. The topological polar surface area (TPSA) is 48.0 Å². The van der Waals surface area contributed by atoms with Gasteiger partial charge in [0.1, 0.15) is 6.10 Å². The molecule has 0 saturated carbocycles. The molecule has 0 spiro atoms. The van der Waals surface area contributed by atoms with Gasteiger partial charge in [-0.25, -0.2) is 0 Å². The van der Waals surface area contributed by atoms with Gasteiger partial charge < -0.3 is 19.1 Å². The van der Waals surface area contributed by atoms with Crippen molar-refractivity contribution in [2.45, 2.75) is 57.0 Å². The van der Waals surface area contributed by atoms with Gasteiger partial charge in [0, 0.05) is 24.9 Å². The number of carbonyl (C=O) groups is 1. The highest BCUT2D eigenvalue weighted by Gasteiger charge is 2.58. The summed E-state index contributed by atoms with van der Waals surface area (Å²) in [6.07, 6.45) is 5.28. The second kappa shape index (κ2) is 3.81. The van der Waals surface area contributed by atoms with E-state index in [4.69, 9.17) is 14.2 Å². The van der Waals surface area contributed by atoms with Crippen LogP contribution in [0.4, 0.5) is 0 Å². The summed E-state index contributed by atoms with van der Waals surface area (Å²) in [5, 5.41) is 0. The Balaban J connectivity index is 1.67. The van der Waals surface area contributed by atoms with Crippen molar-refractivity contribution in [2.24, 2.45) is 5.92 Å². The third-order valence-corrected chi connectivity index (χ3v) is 4.58. The van der Waals surface area contributed by atoms with Crippen molar-refractivity contribution in [3.63, 3.8) is 0 Å². The van der Waals surface area contributed by atoms with Gasteiger partial charge in [-0.3, -0.25) is 4.79 Å². The number of ether oxygens (including phenoxy) is 3. The minimum atomic E-state index is -0.593. The zero-order valence-electron chi connectivity index (χ0n) is 11.2. The molecule has 19 heavy (non-hydrogen) atoms. The average molecular weight is 265 g/mol. The highest BCUT2D eigenvalue weighted by molar-refractivity contribution is 5.79. The number of carbonyl (C=O) groups excluding carboxylic acids is 1. The van der Waals surface area contributed by atoms with Crippen molar-refractivity contribution in [2.75, 3.05) is 6.54 Å². The molecule has 0 aromatic rings. The first-order chi connectivity index (χ1) is 9.05. The highest BCUT2D eigenvalue weighted by atomic mass is 16.8. The summed E-state index contributed by atoms with van der Waals surface area (Å²) in [6, 6.07) is 0.222. The van der Waals surface area contributed by atoms with Crippen molar-refractivity contribution < 1.29 is 19.0 Å². The molecular formula is C14H19NO4. The lowest BCUT2D eigenvalue weighted by atomic mass is 9.89. The Morgan fingerprint density at radius 3 is 3.05 bits per heavy atom. The molecule has 0 aliphatic carbocycles. The quantitative estimate of drug-likeness (QED) is 0.614. The molecule has 104 valence electrons. The Hall–Kier alpha value is -0.910. The fourth-order valence-corrected chi connectivity index (χ4v) is 3.87. The van der Waals surface area contributed by atoms with Crippen molar-refractivity contribution in [3.8, 4) is 0 Å². The number of rotatable bonds is 0. The average Bonchev–Trinajstić information content (AvgIpc) is 2.87. The van der Waals surface area contributed by atoms with Crippen LogP contribution < -0.4 is 0 Å². The second-order valence-corrected chi connectivity index (χ2v) is 6.23. The van der Waals surface area contributed by atoms with Crippen LogP contribution in [-0.2, 0) is 19.0 Å². The number of nitrogens with zero attached hydrogens (tertiary/aromatic N) is 1. The molecule has 4 heterocycles. The first-order valence-electron chi connectivity index (χ1n) is 7.02. The van der Waals surface area contributed by atoms with Crippen LogP contribution in [0.25, 0.3) is 0 Å². The zero-order chi connectivity index (χ0) is 13.2. The fourth-order valence-electron chi connectivity index (χ4n) is 3.87. The molecule has 0 N–H and O–H groups in total. The van der Waals surface area contributed by atoms with E-state index in [0.717, 1.165) is 6.42 Å². The Bertz CT molecular complexity index is 447. The number of amides is 1. The van der Waals surface area contributed by atoms with Gasteiger partial charge in [0.05, 0.1) is 6.10 Å². The van der Waals surface area contributed by atoms with Crippen LogP contribution >= 0.6 is 0 Å². The van der Waals surface area contributed by atoms with Gasteiger partial charge in [-0.05, 0) is 20.3 Å². The predicted molar refractivity (Wildman–Crippen MR) is 66.1 cm³/mol. The van der Waals surface area contributed by atoms with Gasteiger partial charge in [0.25, 0.3) is 0 Å². The minimum absolute atomic E-state index is 0.00648. The second-order valence-electron chi connectivity index (χ2n) is 6.23. The normalized spacial score (nSPS) is 46.9. The maximum Gasteiger partial charge on any atom is 0.223 e. The van der Waals surface area contributed by atoms with Crippen LogP contribution in [0.3, 0.4) is 0 Å². The lowest BCUT2D eigenvalue weighted by Crippen LogP contribution is -2.44. The monoisotopic (exact) mass is 265 g/mol. The highest BCUT2D eigenvalue weighted by Crippen LogP contribution is 2.46. The molecule has 4 aliphatic rings. The van der Waals surface area contributed by atoms with E-state index in [-0.39, 0.29) is 36.4 Å². The Kier molecular flexibility index (Phi) is 2.38. The van der Waals surface area contributed by atoms with Crippen molar-refractivity contribution in [1.29, 1.82) is 0 Å². The summed E-state index contributed by atoms with van der Waals surface area (Å²) in [5.74, 6) is -0.155. The van der Waals surface area contributed by atoms with Gasteiger partial charge in [-0.15, -0.1) is 0 Å². The number of hydrogen-bond acceptors (Lipinski definition) is 4. The van der Waals surface area contributed by atoms with Gasteiger partial charge in [0.15, 0.2) is 12.1 Å². The fraction of sp³-hybridized carbons (Fsp3) is 0.786. The van der Waals surface area contributed by atoms with E-state index in [0.29, 0.717) is 13.0 Å². The molecule has 3 saturated heterocycles. The van der Waals surface area contributed by atoms with E-state index in [9.17, 15) is 4.79 Å². The maximum absolute atomic E-state index is 11.9. The first-order valence-corrected chi connectivity index (χ1v) is 7.02. The van der Waals surface area contributed by atoms with Gasteiger partial charge >= 0.3 is 0 Å². The van der Waals surface area contributed by atoms with E-state index in [1.165, 1.54) is 0 Å². The lowest BCUT2D eigenvalue weighted by molar-refractivity contribution is -0.206. The summed E-state index contributed by atoms with van der Waals surface area (Å²) in [6.45, 7) is 4.52. The third-order valence-electron chi connectivity index (χ3n) is 4.58. The summed E-state index contributed by atoms with van der Waals surface area (Å²) in [7, 11) is 0. The molecule has 1 amide bonds. The molecule has 0 radical (unpaired) electrons. The largest absolute Gasteiger partial charge is 0.342 e. The molecule has 3 fully saturated rings. The molecule has 0 unspecified atom stereocenters. The minimum Gasteiger partial charge on any atom is -0.342 e. The summed E-state index contributed by atoms with van der Waals surface area (Å²) < 4.78 is 17.8. The zero-order valence-corrected chi connectivity index (χ0v) is 11.2. The maximum atomic E-state index is 11.9. The molecule has 0 aromatic heterocycles. The Labute approximate surface area is 112 Å². The van der Waals surface area contributed by atoms with Crippen molar-refractivity contribution in [1.82, 2.24) is 4.90 Å². The smallest absolute Gasteiger partial charge is 0.223 e. The van der Waals surface area contributed by atoms with E-state index in [2.05, 4.69) is 6.08 Å². The van der Waals surface area contributed by atoms with Crippen LogP contribution in [0.5, 0.6) is 0 Å². The molecule has 4 aliphatic heterocycles. The summed E-state index contributed by atoms with van der Waals surface area (Å²) in [5.41, 5.74) is 0. The number of fused-ring (bicyclic) bond motifs is 5. The van der Waals surface area contributed by atoms with Crippen LogP contribution in [0.15, 0.2) is 12.2 Å². The van der Waals surface area contributed by atoms with Crippen molar-refractivity contribution in [3.05, 3.63) is 12.2 Å². The molecule has 4 rings (SSSR count). The predicted octanol–water partition coefficient (Wildman–Crippen LogP) is 1.04. The standard InChI is InChI=1S/C14H19NO4/c1-14(2)18-12-11-8-5-6-10(16)15(8)7-3-4-9(11)17-13(12)19-14/h3-4,8-9,11-13H,5-7H2,1-2H3/t8-,9+,11+,12+,13+/m0/s1. The molecule has 5 heteroatoms. The Morgan fingerprint density at radius 1 is 1.37 bits per heavy atom. The molecule has 0 bridgehead atoms. The van der Waals surface area contributed by atoms with E-state index < -0.39 is 5.79 Å². The summed E-state index contributed by atoms with van der Waals surface area (Å²) in [4.78, 5) is 13.9. The van der Waals surface area contributed by atoms with E-state index >= 15 is 0 Å². The van der Waals surface area contributed by atoms with Crippen LogP contribution in [-0.4, -0.2) is 47.7 Å². The molecule has 0 aromatic carbocycles. The van der Waals surface area contributed by atoms with Gasteiger partial charge in [0.2, 0.25) is 5.91 Å². The number of hydrogen-bond donors (Lipinski definition) is 0. The van der Waals surface area contributed by atoms with Crippen LogP contribution in [0, 0.1) is 5.92 Å². The van der Waals surface area contributed by atoms with Gasteiger partial charge in [-0.2, -0.15) is 0 Å². The summed E-state index contributed by atoms with van der Waals surface area (Å²) >= 11 is 0. The lowest BCUT2D eigenvalue weighted by Gasteiger charge is -2.31. The molecular weight excluding hydrogens is 246 g/mol. The van der Waals surface area contributed by atoms with E-state index in [1.54, 1.807) is 0 Å². The SMILES string of the molecule is CC1(C)O[C@H]2O[C@@H]3C=CCN4C(=O)CC[C@H]4[C@H]3[C@H]2O1. The molecule has 5 atom stereocenters. The van der Waals surface area contributed by atoms with Crippen LogP contribution in [0.2, 0.25) is 0 Å². The van der Waals surface area contributed by atoms with Crippen molar-refractivity contribution >= 4 is 5.91 Å². The third kappa shape index (κ3) is 1.68. The van der Waals surface area contributed by atoms with Gasteiger partial charge in [-0.1, -0.05) is 12.2 Å². The van der Waals surface area contributed by atoms with E-state index in [1.807, 2.05) is 24.8 Å². The van der Waals surface area contributed by atoms with Crippen LogP contribution in [0.1, 0.15) is 26.7 Å². The first kappa shape index (κ1) is 11.9. The molecule has 5 nitrogen and oxygen atoms in total.